The highest BCUT2D eigenvalue weighted by Gasteiger charge is 2.26. The second-order valence-corrected chi connectivity index (χ2v) is 8.40. The summed E-state index contributed by atoms with van der Waals surface area (Å²) >= 11 is 0. The van der Waals surface area contributed by atoms with Gasteiger partial charge < -0.3 is 4.74 Å². The third-order valence-electron chi connectivity index (χ3n) is 4.54. The molecular formula is C20H23N3O4S. The zero-order valence-corrected chi connectivity index (χ0v) is 16.5. The Morgan fingerprint density at radius 3 is 2.50 bits per heavy atom. The van der Waals surface area contributed by atoms with Gasteiger partial charge >= 0.3 is 0 Å². The van der Waals surface area contributed by atoms with E-state index in [9.17, 15) is 13.2 Å². The summed E-state index contributed by atoms with van der Waals surface area (Å²) in [5, 5.41) is 3.93. The number of ether oxygens (including phenoxy) is 1. The molecule has 0 aliphatic carbocycles. The minimum Gasteiger partial charge on any atom is -0.497 e. The fraction of sp³-hybridized carbons (Fsp3) is 0.300. The minimum atomic E-state index is -3.59. The molecule has 0 spiro atoms. The number of benzene rings is 2. The van der Waals surface area contributed by atoms with Crippen molar-refractivity contribution in [2.24, 2.45) is 5.10 Å². The molecule has 28 heavy (non-hydrogen) atoms. The van der Waals surface area contributed by atoms with Crippen molar-refractivity contribution in [1.29, 1.82) is 0 Å². The topological polar surface area (TPSA) is 88.1 Å². The SMILES string of the molecule is COc1ccc(/C=N\NC(=O)c2cccc(S(=O)(=O)N3CCCCC3)c2)cc1. The zero-order chi connectivity index (χ0) is 20.0. The van der Waals surface area contributed by atoms with Crippen LogP contribution >= 0.6 is 0 Å². The van der Waals surface area contributed by atoms with Gasteiger partial charge in [-0.3, -0.25) is 4.79 Å². The fourth-order valence-corrected chi connectivity index (χ4v) is 4.54. The van der Waals surface area contributed by atoms with Crippen LogP contribution in [0.15, 0.2) is 58.5 Å². The Balaban J connectivity index is 1.68. The number of nitrogens with one attached hydrogen (secondary N) is 1. The van der Waals surface area contributed by atoms with Gasteiger partial charge in [0, 0.05) is 18.7 Å². The molecule has 1 N–H and O–H groups in total. The first-order valence-corrected chi connectivity index (χ1v) is 10.5. The van der Waals surface area contributed by atoms with Crippen LogP contribution in [0.2, 0.25) is 0 Å². The van der Waals surface area contributed by atoms with Gasteiger partial charge in [0.15, 0.2) is 0 Å². The highest BCUT2D eigenvalue weighted by atomic mass is 32.2. The zero-order valence-electron chi connectivity index (χ0n) is 15.7. The Hall–Kier alpha value is -2.71. The van der Waals surface area contributed by atoms with Crippen LogP contribution in [0, 0.1) is 0 Å². The lowest BCUT2D eigenvalue weighted by Crippen LogP contribution is -2.35. The minimum absolute atomic E-state index is 0.126. The van der Waals surface area contributed by atoms with E-state index in [1.165, 1.54) is 22.7 Å². The average molecular weight is 401 g/mol. The molecule has 1 amide bonds. The number of piperidine rings is 1. The lowest BCUT2D eigenvalue weighted by Gasteiger charge is -2.25. The molecule has 1 aliphatic heterocycles. The van der Waals surface area contributed by atoms with Gasteiger partial charge in [-0.1, -0.05) is 12.5 Å². The summed E-state index contributed by atoms with van der Waals surface area (Å²) in [5.41, 5.74) is 3.46. The number of carbonyl (C=O) groups is 1. The number of carbonyl (C=O) groups excluding carboxylic acids is 1. The predicted octanol–water partition coefficient (Wildman–Crippen LogP) is 2.63. The van der Waals surface area contributed by atoms with Crippen LogP contribution in [0.5, 0.6) is 5.75 Å². The molecule has 1 heterocycles. The summed E-state index contributed by atoms with van der Waals surface area (Å²) in [7, 11) is -2.00. The molecular weight excluding hydrogens is 378 g/mol. The van der Waals surface area contributed by atoms with Gasteiger partial charge in [-0.15, -0.1) is 0 Å². The number of amides is 1. The molecule has 2 aromatic carbocycles. The lowest BCUT2D eigenvalue weighted by atomic mass is 10.2. The van der Waals surface area contributed by atoms with Gasteiger partial charge in [0.05, 0.1) is 18.2 Å². The standard InChI is InChI=1S/C20H23N3O4S/c1-27-18-10-8-16(9-11-18)15-21-22-20(24)17-6-5-7-19(14-17)28(25,26)23-12-3-2-4-13-23/h5-11,14-15H,2-4,12-13H2,1H3,(H,22,24)/b21-15-. The van der Waals surface area contributed by atoms with E-state index in [4.69, 9.17) is 4.74 Å². The molecule has 148 valence electrons. The molecule has 0 bridgehead atoms. The van der Waals surface area contributed by atoms with Crippen molar-refractivity contribution < 1.29 is 17.9 Å². The molecule has 0 saturated carbocycles. The number of methoxy groups -OCH3 is 1. The highest BCUT2D eigenvalue weighted by molar-refractivity contribution is 7.89. The maximum Gasteiger partial charge on any atom is 0.271 e. The van der Waals surface area contributed by atoms with Crippen molar-refractivity contribution in [2.45, 2.75) is 24.2 Å². The third-order valence-corrected chi connectivity index (χ3v) is 6.44. The first-order valence-electron chi connectivity index (χ1n) is 9.08. The third kappa shape index (κ3) is 4.76. The van der Waals surface area contributed by atoms with Gasteiger partial charge in [-0.2, -0.15) is 9.41 Å². The Morgan fingerprint density at radius 2 is 1.82 bits per heavy atom. The van der Waals surface area contributed by atoms with Crippen molar-refractivity contribution >= 4 is 22.1 Å². The van der Waals surface area contributed by atoms with Crippen molar-refractivity contribution in [3.05, 3.63) is 59.7 Å². The molecule has 0 aromatic heterocycles. The van der Waals surface area contributed by atoms with Crippen LogP contribution < -0.4 is 10.2 Å². The molecule has 2 aromatic rings. The van der Waals surface area contributed by atoms with Crippen molar-refractivity contribution in [3.63, 3.8) is 0 Å². The van der Waals surface area contributed by atoms with Crippen molar-refractivity contribution in [1.82, 2.24) is 9.73 Å². The summed E-state index contributed by atoms with van der Waals surface area (Å²) in [6.07, 6.45) is 4.27. The van der Waals surface area contributed by atoms with E-state index in [1.54, 1.807) is 43.5 Å². The maximum atomic E-state index is 12.8. The first-order chi connectivity index (χ1) is 13.5. The number of nitrogens with zero attached hydrogens (tertiary/aromatic N) is 2. The van der Waals surface area contributed by atoms with Gasteiger partial charge in [-0.05, 0) is 60.9 Å². The second kappa shape index (κ2) is 8.99. The molecule has 1 fully saturated rings. The maximum absolute atomic E-state index is 12.8. The smallest absolute Gasteiger partial charge is 0.271 e. The Morgan fingerprint density at radius 1 is 1.11 bits per heavy atom. The quantitative estimate of drug-likeness (QED) is 0.595. The summed E-state index contributed by atoms with van der Waals surface area (Å²) in [6.45, 7) is 1.04. The Kier molecular flexibility index (Phi) is 6.43. The van der Waals surface area contributed by atoms with E-state index in [0.717, 1.165) is 30.6 Å². The molecule has 8 heteroatoms. The summed E-state index contributed by atoms with van der Waals surface area (Å²) in [6, 6.07) is 13.2. The molecule has 7 nitrogen and oxygen atoms in total. The highest BCUT2D eigenvalue weighted by Crippen LogP contribution is 2.21. The van der Waals surface area contributed by atoms with Crippen LogP contribution in [0.25, 0.3) is 0 Å². The van der Waals surface area contributed by atoms with E-state index in [2.05, 4.69) is 10.5 Å². The second-order valence-electron chi connectivity index (χ2n) is 6.46. The number of hydrogen-bond donors (Lipinski definition) is 1. The summed E-state index contributed by atoms with van der Waals surface area (Å²) in [4.78, 5) is 12.5. The summed E-state index contributed by atoms with van der Waals surface area (Å²) < 4.78 is 32.1. The summed E-state index contributed by atoms with van der Waals surface area (Å²) in [5.74, 6) is 0.258. The Labute approximate surface area is 165 Å². The number of hydrogen-bond acceptors (Lipinski definition) is 5. The monoisotopic (exact) mass is 401 g/mol. The van der Waals surface area contributed by atoms with Gasteiger partial charge in [0.2, 0.25) is 10.0 Å². The fourth-order valence-electron chi connectivity index (χ4n) is 2.97. The van der Waals surface area contributed by atoms with E-state index in [0.29, 0.717) is 13.1 Å². The molecule has 3 rings (SSSR count). The molecule has 0 unspecified atom stereocenters. The van der Waals surface area contributed by atoms with Crippen LogP contribution in [0.3, 0.4) is 0 Å². The normalized spacial score (nSPS) is 15.5. The average Bonchev–Trinajstić information content (AvgIpc) is 2.75. The van der Waals surface area contributed by atoms with Gasteiger partial charge in [0.1, 0.15) is 5.75 Å². The lowest BCUT2D eigenvalue weighted by molar-refractivity contribution is 0.0955. The van der Waals surface area contributed by atoms with Gasteiger partial charge in [-0.25, -0.2) is 13.8 Å². The van der Waals surface area contributed by atoms with Crippen LogP contribution in [-0.2, 0) is 10.0 Å². The molecule has 1 saturated heterocycles. The Bertz CT molecular complexity index is 950. The number of rotatable bonds is 6. The van der Waals surface area contributed by atoms with Gasteiger partial charge in [0.25, 0.3) is 5.91 Å². The number of sulfonamides is 1. The van der Waals surface area contributed by atoms with Crippen LogP contribution in [0.4, 0.5) is 0 Å². The number of hydrazone groups is 1. The first kappa shape index (κ1) is 20.0. The van der Waals surface area contributed by atoms with Crippen molar-refractivity contribution in [2.75, 3.05) is 20.2 Å². The van der Waals surface area contributed by atoms with E-state index < -0.39 is 15.9 Å². The molecule has 0 radical (unpaired) electrons. The van der Waals surface area contributed by atoms with Crippen LogP contribution in [0.1, 0.15) is 35.2 Å². The molecule has 1 aliphatic rings. The van der Waals surface area contributed by atoms with Crippen molar-refractivity contribution in [3.8, 4) is 5.75 Å². The van der Waals surface area contributed by atoms with E-state index in [1.807, 2.05) is 0 Å². The van der Waals surface area contributed by atoms with E-state index >= 15 is 0 Å². The largest absolute Gasteiger partial charge is 0.497 e. The predicted molar refractivity (Wildman–Crippen MR) is 107 cm³/mol. The van der Waals surface area contributed by atoms with Crippen LogP contribution in [-0.4, -0.2) is 45.0 Å². The van der Waals surface area contributed by atoms with E-state index in [-0.39, 0.29) is 10.5 Å². The molecule has 0 atom stereocenters.